The predicted octanol–water partition coefficient (Wildman–Crippen LogP) is 2.49. The molecule has 1 N–H and O–H groups in total. The number of aryl methyl sites for hydroxylation is 1. The van der Waals surface area contributed by atoms with Crippen LogP contribution in [0.2, 0.25) is 0 Å². The van der Waals surface area contributed by atoms with Gasteiger partial charge >= 0.3 is 0 Å². The van der Waals surface area contributed by atoms with Crippen LogP contribution < -0.4 is 5.32 Å². The van der Waals surface area contributed by atoms with Crippen LogP contribution in [-0.4, -0.2) is 24.0 Å². The zero-order valence-electron chi connectivity index (χ0n) is 9.74. The van der Waals surface area contributed by atoms with Gasteiger partial charge in [-0.2, -0.15) is 11.8 Å². The number of thioether (sulfide) groups is 1. The van der Waals surface area contributed by atoms with E-state index in [-0.39, 0.29) is 5.91 Å². The summed E-state index contributed by atoms with van der Waals surface area (Å²) in [4.78, 5) is 11.3. The van der Waals surface area contributed by atoms with Gasteiger partial charge in [0.1, 0.15) is 0 Å². The van der Waals surface area contributed by atoms with E-state index in [4.69, 9.17) is 0 Å². The topological polar surface area (TPSA) is 29.1 Å². The molecule has 0 aromatic heterocycles. The molecule has 0 aliphatic carbocycles. The van der Waals surface area contributed by atoms with Crippen molar-refractivity contribution in [1.29, 1.82) is 0 Å². The minimum absolute atomic E-state index is 0.153. The van der Waals surface area contributed by atoms with Crippen LogP contribution in [0.1, 0.15) is 18.9 Å². The highest BCUT2D eigenvalue weighted by atomic mass is 32.2. The van der Waals surface area contributed by atoms with Crippen molar-refractivity contribution in [2.75, 3.05) is 18.1 Å². The molecule has 88 valence electrons. The Morgan fingerprint density at radius 3 is 2.75 bits per heavy atom. The lowest BCUT2D eigenvalue weighted by Crippen LogP contribution is -2.25. The van der Waals surface area contributed by atoms with E-state index in [9.17, 15) is 4.79 Å². The summed E-state index contributed by atoms with van der Waals surface area (Å²) in [5.74, 6) is 1.73. The number of hydrogen-bond acceptors (Lipinski definition) is 2. The molecular weight excluding hydrogens is 218 g/mol. The molecule has 1 rings (SSSR count). The average molecular weight is 237 g/mol. The van der Waals surface area contributed by atoms with Gasteiger partial charge in [0, 0.05) is 6.54 Å². The first-order valence-electron chi connectivity index (χ1n) is 5.71. The summed E-state index contributed by atoms with van der Waals surface area (Å²) < 4.78 is 0. The Balaban J connectivity index is 2.06. The number of rotatable bonds is 7. The summed E-state index contributed by atoms with van der Waals surface area (Å²) in [6, 6.07) is 10.4. The summed E-state index contributed by atoms with van der Waals surface area (Å²) in [7, 11) is 0. The van der Waals surface area contributed by atoms with Crippen LogP contribution in [0.3, 0.4) is 0 Å². The van der Waals surface area contributed by atoms with E-state index in [1.165, 1.54) is 5.56 Å². The minimum atomic E-state index is 0.153. The fraction of sp³-hybridized carbons (Fsp3) is 0.462. The second-order valence-electron chi connectivity index (χ2n) is 3.64. The lowest BCUT2D eigenvalue weighted by Gasteiger charge is -2.03. The van der Waals surface area contributed by atoms with Crippen molar-refractivity contribution in [3.05, 3.63) is 35.9 Å². The van der Waals surface area contributed by atoms with Crippen LogP contribution in [0.4, 0.5) is 0 Å². The van der Waals surface area contributed by atoms with Gasteiger partial charge in [0.05, 0.1) is 5.75 Å². The van der Waals surface area contributed by atoms with Gasteiger partial charge in [-0.25, -0.2) is 0 Å². The second-order valence-corrected chi connectivity index (χ2v) is 4.74. The first kappa shape index (κ1) is 13.1. The molecule has 0 bridgehead atoms. The molecule has 0 aliphatic heterocycles. The Hall–Kier alpha value is -0.960. The van der Waals surface area contributed by atoms with Crippen LogP contribution in [0.5, 0.6) is 0 Å². The van der Waals surface area contributed by atoms with Crippen molar-refractivity contribution in [1.82, 2.24) is 5.32 Å². The van der Waals surface area contributed by atoms with Crippen LogP contribution >= 0.6 is 11.8 Å². The van der Waals surface area contributed by atoms with E-state index in [1.54, 1.807) is 11.8 Å². The number of benzene rings is 1. The van der Waals surface area contributed by atoms with Gasteiger partial charge in [0.15, 0.2) is 0 Å². The van der Waals surface area contributed by atoms with E-state index in [0.717, 1.165) is 25.1 Å². The van der Waals surface area contributed by atoms with Gasteiger partial charge in [-0.3, -0.25) is 4.79 Å². The molecule has 1 aromatic rings. The Morgan fingerprint density at radius 1 is 1.31 bits per heavy atom. The monoisotopic (exact) mass is 237 g/mol. The number of amides is 1. The third-order valence-electron chi connectivity index (χ3n) is 2.18. The lowest BCUT2D eigenvalue weighted by molar-refractivity contribution is -0.118. The maximum Gasteiger partial charge on any atom is 0.229 e. The third kappa shape index (κ3) is 5.81. The predicted molar refractivity (Wildman–Crippen MR) is 70.8 cm³/mol. The molecule has 3 heteroatoms. The SMILES string of the molecule is CCCNC(=O)CSCCc1ccccc1. The number of hydrogen-bond donors (Lipinski definition) is 1. The molecule has 0 saturated heterocycles. The molecule has 1 amide bonds. The molecule has 0 spiro atoms. The maximum atomic E-state index is 11.3. The molecule has 0 heterocycles. The number of carbonyl (C=O) groups is 1. The first-order valence-corrected chi connectivity index (χ1v) is 6.86. The Morgan fingerprint density at radius 2 is 2.06 bits per heavy atom. The van der Waals surface area contributed by atoms with Crippen molar-refractivity contribution in [2.45, 2.75) is 19.8 Å². The van der Waals surface area contributed by atoms with Crippen LogP contribution in [-0.2, 0) is 11.2 Å². The minimum Gasteiger partial charge on any atom is -0.355 e. The lowest BCUT2D eigenvalue weighted by atomic mass is 10.2. The highest BCUT2D eigenvalue weighted by molar-refractivity contribution is 7.99. The molecule has 0 unspecified atom stereocenters. The van der Waals surface area contributed by atoms with Crippen LogP contribution in [0.15, 0.2) is 30.3 Å². The zero-order valence-corrected chi connectivity index (χ0v) is 10.6. The van der Waals surface area contributed by atoms with Crippen molar-refractivity contribution in [3.8, 4) is 0 Å². The molecule has 1 aromatic carbocycles. The summed E-state index contributed by atoms with van der Waals surface area (Å²) in [5, 5.41) is 2.87. The Kier molecular flexibility index (Phi) is 6.74. The quantitative estimate of drug-likeness (QED) is 0.738. The summed E-state index contributed by atoms with van der Waals surface area (Å²) in [6.45, 7) is 2.85. The zero-order chi connectivity index (χ0) is 11.6. The van der Waals surface area contributed by atoms with Gasteiger partial charge in [0.25, 0.3) is 0 Å². The maximum absolute atomic E-state index is 11.3. The third-order valence-corrected chi connectivity index (χ3v) is 3.14. The Bertz CT molecular complexity index is 300. The number of carbonyl (C=O) groups excluding carboxylic acids is 1. The molecule has 0 fully saturated rings. The number of nitrogens with one attached hydrogen (secondary N) is 1. The molecule has 2 nitrogen and oxygen atoms in total. The van der Waals surface area contributed by atoms with Gasteiger partial charge < -0.3 is 5.32 Å². The Labute approximate surface area is 102 Å². The summed E-state index contributed by atoms with van der Waals surface area (Å²) in [5.41, 5.74) is 1.34. The van der Waals surface area contributed by atoms with E-state index in [1.807, 2.05) is 18.2 Å². The van der Waals surface area contributed by atoms with Crippen LogP contribution in [0.25, 0.3) is 0 Å². The molecule has 16 heavy (non-hydrogen) atoms. The van der Waals surface area contributed by atoms with Gasteiger partial charge in [-0.05, 0) is 24.2 Å². The van der Waals surface area contributed by atoms with Gasteiger partial charge in [-0.15, -0.1) is 0 Å². The standard InChI is InChI=1S/C13H19NOS/c1-2-9-14-13(15)11-16-10-8-12-6-4-3-5-7-12/h3-7H,2,8-11H2,1H3,(H,14,15). The van der Waals surface area contributed by atoms with Crippen molar-refractivity contribution >= 4 is 17.7 Å². The normalized spacial score (nSPS) is 10.1. The summed E-state index contributed by atoms with van der Waals surface area (Å²) >= 11 is 1.69. The molecular formula is C13H19NOS. The van der Waals surface area contributed by atoms with Crippen molar-refractivity contribution in [3.63, 3.8) is 0 Å². The fourth-order valence-corrected chi connectivity index (χ4v) is 2.13. The highest BCUT2D eigenvalue weighted by Crippen LogP contribution is 2.06. The average Bonchev–Trinajstić information content (AvgIpc) is 2.33. The van der Waals surface area contributed by atoms with E-state index in [2.05, 4.69) is 24.4 Å². The molecule has 0 atom stereocenters. The smallest absolute Gasteiger partial charge is 0.229 e. The second kappa shape index (κ2) is 8.22. The largest absolute Gasteiger partial charge is 0.355 e. The summed E-state index contributed by atoms with van der Waals surface area (Å²) in [6.07, 6.45) is 2.03. The fourth-order valence-electron chi connectivity index (χ4n) is 1.32. The van der Waals surface area contributed by atoms with E-state index >= 15 is 0 Å². The van der Waals surface area contributed by atoms with Gasteiger partial charge in [-0.1, -0.05) is 37.3 Å². The highest BCUT2D eigenvalue weighted by Gasteiger charge is 1.99. The van der Waals surface area contributed by atoms with Crippen molar-refractivity contribution in [2.24, 2.45) is 0 Å². The van der Waals surface area contributed by atoms with E-state index < -0.39 is 0 Å². The van der Waals surface area contributed by atoms with E-state index in [0.29, 0.717) is 5.75 Å². The van der Waals surface area contributed by atoms with Crippen LogP contribution in [0, 0.1) is 0 Å². The molecule has 0 aliphatic rings. The van der Waals surface area contributed by atoms with Crippen molar-refractivity contribution < 1.29 is 4.79 Å². The molecule has 0 radical (unpaired) electrons. The first-order chi connectivity index (χ1) is 7.83. The molecule has 0 saturated carbocycles. The van der Waals surface area contributed by atoms with Gasteiger partial charge in [0.2, 0.25) is 5.91 Å².